The lowest BCUT2D eigenvalue weighted by Crippen LogP contribution is -2.51. The zero-order valence-corrected chi connectivity index (χ0v) is 15.1. The average molecular weight is 344 g/mol. The third kappa shape index (κ3) is 2.75. The first-order chi connectivity index (χ1) is 11.7. The Labute approximate surface area is 147 Å². The normalized spacial score (nSPS) is 18.7. The molecule has 2 aliphatic heterocycles. The van der Waals surface area contributed by atoms with Crippen LogP contribution < -0.4 is 10.3 Å². The minimum absolute atomic E-state index is 0.305. The van der Waals surface area contributed by atoms with Crippen molar-refractivity contribution in [1.29, 1.82) is 0 Å². The fourth-order valence-electron chi connectivity index (χ4n) is 3.38. The van der Waals surface area contributed by atoms with E-state index < -0.39 is 0 Å². The third-order valence-corrected chi connectivity index (χ3v) is 6.12. The van der Waals surface area contributed by atoms with E-state index >= 15 is 0 Å². The van der Waals surface area contributed by atoms with E-state index in [-0.39, 0.29) is 0 Å². The van der Waals surface area contributed by atoms with Crippen molar-refractivity contribution in [2.24, 2.45) is 0 Å². The van der Waals surface area contributed by atoms with Crippen molar-refractivity contribution in [2.45, 2.75) is 19.9 Å². The number of piperazine rings is 1. The molecular formula is C18H24N4OS. The monoisotopic (exact) mass is 344 g/mol. The van der Waals surface area contributed by atoms with Crippen LogP contribution in [0.1, 0.15) is 17.4 Å². The molecule has 0 spiro atoms. The number of benzene rings is 1. The number of hydrogen-bond acceptors (Lipinski definition) is 6. The molecule has 0 radical (unpaired) electrons. The number of phenolic OH excluding ortho intramolecular Hbond substituents is 1. The van der Waals surface area contributed by atoms with Crippen molar-refractivity contribution in [1.82, 2.24) is 9.91 Å². The second kappa shape index (κ2) is 6.27. The van der Waals surface area contributed by atoms with E-state index in [9.17, 15) is 5.11 Å². The van der Waals surface area contributed by atoms with Gasteiger partial charge in [0.2, 0.25) is 0 Å². The van der Waals surface area contributed by atoms with E-state index in [1.807, 2.05) is 23.5 Å². The molecule has 1 aromatic heterocycles. The maximum absolute atomic E-state index is 9.88. The van der Waals surface area contributed by atoms with Gasteiger partial charge in [-0.2, -0.15) is 0 Å². The van der Waals surface area contributed by atoms with Gasteiger partial charge in [0.1, 0.15) is 10.8 Å². The van der Waals surface area contributed by atoms with Crippen LogP contribution in [0.2, 0.25) is 0 Å². The summed E-state index contributed by atoms with van der Waals surface area (Å²) in [5.41, 5.74) is 3.46. The summed E-state index contributed by atoms with van der Waals surface area (Å²) in [5, 5.41) is 19.5. The quantitative estimate of drug-likeness (QED) is 0.875. The Morgan fingerprint density at radius 1 is 1.17 bits per heavy atom. The highest BCUT2D eigenvalue weighted by Gasteiger charge is 2.29. The number of phenols is 1. The largest absolute Gasteiger partial charge is 0.508 e. The van der Waals surface area contributed by atoms with Crippen molar-refractivity contribution in [3.8, 4) is 5.75 Å². The number of nitrogens with zero attached hydrogens (tertiary/aromatic N) is 3. The summed E-state index contributed by atoms with van der Waals surface area (Å²) in [6, 6.07) is 7.96. The predicted octanol–water partition coefficient (Wildman–Crippen LogP) is 3.24. The number of likely N-dealkylation sites (N-methyl/N-ethyl adjacent to an activating group) is 1. The van der Waals surface area contributed by atoms with Gasteiger partial charge in [-0.05, 0) is 31.7 Å². The molecule has 0 atom stereocenters. The van der Waals surface area contributed by atoms with E-state index in [0.29, 0.717) is 5.75 Å². The van der Waals surface area contributed by atoms with Gasteiger partial charge in [0, 0.05) is 49.2 Å². The molecule has 128 valence electrons. The molecule has 0 amide bonds. The Morgan fingerprint density at radius 3 is 2.71 bits per heavy atom. The molecule has 3 heterocycles. The van der Waals surface area contributed by atoms with Crippen LogP contribution in [0.3, 0.4) is 0 Å². The van der Waals surface area contributed by atoms with E-state index in [1.165, 1.54) is 15.4 Å². The Balaban J connectivity index is 1.80. The molecule has 6 heteroatoms. The van der Waals surface area contributed by atoms with Crippen LogP contribution in [0.15, 0.2) is 24.3 Å². The number of aromatic hydroxyl groups is 1. The first-order valence-electron chi connectivity index (χ1n) is 8.57. The molecule has 0 bridgehead atoms. The third-order valence-electron chi connectivity index (χ3n) is 4.82. The fraction of sp³-hybridized carbons (Fsp3) is 0.444. The summed E-state index contributed by atoms with van der Waals surface area (Å²) < 4.78 is 0. The lowest BCUT2D eigenvalue weighted by Gasteiger charge is -2.41. The Morgan fingerprint density at radius 2 is 1.96 bits per heavy atom. The van der Waals surface area contributed by atoms with E-state index in [2.05, 4.69) is 40.3 Å². The number of hydrazine groups is 1. The van der Waals surface area contributed by atoms with Crippen molar-refractivity contribution in [3.63, 3.8) is 0 Å². The highest BCUT2D eigenvalue weighted by Crippen LogP contribution is 2.44. The van der Waals surface area contributed by atoms with Crippen LogP contribution in [0.4, 0.5) is 16.4 Å². The van der Waals surface area contributed by atoms with Gasteiger partial charge in [-0.1, -0.05) is 6.92 Å². The minimum Gasteiger partial charge on any atom is -0.508 e. The number of rotatable bonds is 2. The zero-order valence-electron chi connectivity index (χ0n) is 14.2. The Bertz CT molecular complexity index is 737. The smallest absolute Gasteiger partial charge is 0.117 e. The lowest BCUT2D eigenvalue weighted by atomic mass is 10.2. The van der Waals surface area contributed by atoms with Crippen molar-refractivity contribution < 1.29 is 5.11 Å². The number of fused-ring (bicyclic) bond motifs is 2. The lowest BCUT2D eigenvalue weighted by molar-refractivity contribution is 0.155. The summed E-state index contributed by atoms with van der Waals surface area (Å²) >= 11 is 1.89. The molecule has 24 heavy (non-hydrogen) atoms. The SMILES string of the molecule is CCc1cc2c(s1)N(N1CCN(C)CC1)c1ccc(O)cc1NC2. The molecule has 1 aromatic carbocycles. The molecule has 2 aromatic rings. The second-order valence-electron chi connectivity index (χ2n) is 6.52. The molecule has 1 fully saturated rings. The summed E-state index contributed by atoms with van der Waals surface area (Å²) in [6.45, 7) is 7.17. The van der Waals surface area contributed by atoms with Gasteiger partial charge in [0.15, 0.2) is 0 Å². The summed E-state index contributed by atoms with van der Waals surface area (Å²) in [6.07, 6.45) is 1.07. The number of hydrogen-bond donors (Lipinski definition) is 2. The van der Waals surface area contributed by atoms with Gasteiger partial charge in [-0.25, -0.2) is 5.01 Å². The van der Waals surface area contributed by atoms with Crippen LogP contribution in [-0.4, -0.2) is 48.2 Å². The van der Waals surface area contributed by atoms with Gasteiger partial charge < -0.3 is 15.3 Å². The topological polar surface area (TPSA) is 42.0 Å². The highest BCUT2D eigenvalue weighted by atomic mass is 32.1. The molecule has 5 nitrogen and oxygen atoms in total. The Hall–Kier alpha value is -1.76. The number of thiophene rings is 1. The molecule has 4 rings (SSSR count). The summed E-state index contributed by atoms with van der Waals surface area (Å²) in [7, 11) is 2.18. The maximum Gasteiger partial charge on any atom is 0.117 e. The first kappa shape index (κ1) is 15.7. The Kier molecular flexibility index (Phi) is 4.12. The molecular weight excluding hydrogens is 320 g/mol. The van der Waals surface area contributed by atoms with Gasteiger partial charge in [0.05, 0.1) is 11.4 Å². The molecule has 2 N–H and O–H groups in total. The molecule has 2 aliphatic rings. The fourth-order valence-corrected chi connectivity index (χ4v) is 4.54. The molecule has 0 saturated carbocycles. The zero-order chi connectivity index (χ0) is 16.7. The van der Waals surface area contributed by atoms with Crippen molar-refractivity contribution >= 4 is 27.7 Å². The van der Waals surface area contributed by atoms with Crippen LogP contribution in [0, 0.1) is 0 Å². The van der Waals surface area contributed by atoms with Crippen LogP contribution in [0.5, 0.6) is 5.75 Å². The number of nitrogens with one attached hydrogen (secondary N) is 1. The van der Waals surface area contributed by atoms with Gasteiger partial charge in [-0.3, -0.25) is 5.01 Å². The van der Waals surface area contributed by atoms with Gasteiger partial charge in [-0.15, -0.1) is 11.3 Å². The molecule has 1 saturated heterocycles. The first-order valence-corrected chi connectivity index (χ1v) is 9.39. The number of aryl methyl sites for hydroxylation is 1. The maximum atomic E-state index is 9.88. The van der Waals surface area contributed by atoms with E-state index in [4.69, 9.17) is 0 Å². The van der Waals surface area contributed by atoms with Gasteiger partial charge >= 0.3 is 0 Å². The number of anilines is 3. The standard InChI is InChI=1S/C18H24N4OS/c1-3-15-10-13-12-19-16-11-14(23)4-5-17(16)22(18(13)24-15)21-8-6-20(2)7-9-21/h4-5,10-11,19,23H,3,6-9,12H2,1-2H3. The molecule has 0 unspecified atom stereocenters. The summed E-state index contributed by atoms with van der Waals surface area (Å²) in [5.74, 6) is 0.305. The van der Waals surface area contributed by atoms with Crippen molar-refractivity contribution in [2.75, 3.05) is 43.6 Å². The highest BCUT2D eigenvalue weighted by molar-refractivity contribution is 7.16. The minimum atomic E-state index is 0.305. The summed E-state index contributed by atoms with van der Waals surface area (Å²) in [4.78, 5) is 3.79. The molecule has 0 aliphatic carbocycles. The van der Waals surface area contributed by atoms with Gasteiger partial charge in [0.25, 0.3) is 0 Å². The second-order valence-corrected chi connectivity index (χ2v) is 7.64. The van der Waals surface area contributed by atoms with Crippen molar-refractivity contribution in [3.05, 3.63) is 34.7 Å². The van der Waals surface area contributed by atoms with Crippen LogP contribution >= 0.6 is 11.3 Å². The van der Waals surface area contributed by atoms with E-state index in [1.54, 1.807) is 6.07 Å². The predicted molar refractivity (Wildman–Crippen MR) is 100 cm³/mol. The van der Waals surface area contributed by atoms with E-state index in [0.717, 1.165) is 50.5 Å². The van der Waals surface area contributed by atoms with Crippen LogP contribution in [0.25, 0.3) is 0 Å². The van der Waals surface area contributed by atoms with Crippen LogP contribution in [-0.2, 0) is 13.0 Å². The average Bonchev–Trinajstić information content (AvgIpc) is 2.93.